The maximum Gasteiger partial charge on any atom is 0.229 e. The van der Waals surface area contributed by atoms with Gasteiger partial charge in [-0.3, -0.25) is 4.79 Å². The van der Waals surface area contributed by atoms with Crippen LogP contribution in [0.3, 0.4) is 0 Å². The fraction of sp³-hybridized carbons (Fsp3) is 0.500. The summed E-state index contributed by atoms with van der Waals surface area (Å²) in [4.78, 5) is 14.1. The first-order chi connectivity index (χ1) is 7.61. The van der Waals surface area contributed by atoms with E-state index in [9.17, 15) is 4.79 Å². The largest absolute Gasteiger partial charge is 0.312 e. The quantitative estimate of drug-likeness (QED) is 0.708. The molecule has 2 heteroatoms. The molecule has 0 aromatic heterocycles. The molecular formula is C14H19NO. The Labute approximate surface area is 97.3 Å². The van der Waals surface area contributed by atoms with Gasteiger partial charge in [0.25, 0.3) is 0 Å². The normalized spacial score (nSPS) is 21.3. The van der Waals surface area contributed by atoms with Crippen molar-refractivity contribution in [1.82, 2.24) is 0 Å². The monoisotopic (exact) mass is 217 g/mol. The van der Waals surface area contributed by atoms with Crippen molar-refractivity contribution in [1.29, 1.82) is 0 Å². The Bertz CT molecular complexity index is 391. The lowest BCUT2D eigenvalue weighted by molar-refractivity contribution is -0.123. The van der Waals surface area contributed by atoms with Crippen LogP contribution in [0.1, 0.15) is 30.9 Å². The van der Waals surface area contributed by atoms with Gasteiger partial charge in [0.05, 0.1) is 0 Å². The number of piperidine rings is 1. The average Bonchev–Trinajstić information content (AvgIpc) is 2.24. The molecule has 1 aliphatic rings. The third-order valence-electron chi connectivity index (χ3n) is 3.42. The molecule has 0 saturated carbocycles. The lowest BCUT2D eigenvalue weighted by atomic mass is 9.97. The molecule has 0 N–H and O–H groups in total. The van der Waals surface area contributed by atoms with Gasteiger partial charge >= 0.3 is 0 Å². The molecular weight excluding hydrogens is 198 g/mol. The summed E-state index contributed by atoms with van der Waals surface area (Å²) >= 11 is 0. The van der Waals surface area contributed by atoms with Gasteiger partial charge < -0.3 is 4.90 Å². The number of carbonyl (C=O) groups excluding carboxylic acids is 1. The van der Waals surface area contributed by atoms with E-state index >= 15 is 0 Å². The number of benzene rings is 1. The third-order valence-corrected chi connectivity index (χ3v) is 3.42. The molecule has 1 fully saturated rings. The van der Waals surface area contributed by atoms with Crippen LogP contribution in [-0.2, 0) is 4.79 Å². The number of amides is 1. The Morgan fingerprint density at radius 1 is 1.25 bits per heavy atom. The molecule has 16 heavy (non-hydrogen) atoms. The molecule has 1 saturated heterocycles. The summed E-state index contributed by atoms with van der Waals surface area (Å²) in [6.07, 6.45) is 2.14. The maximum atomic E-state index is 12.2. The highest BCUT2D eigenvalue weighted by Crippen LogP contribution is 2.29. The van der Waals surface area contributed by atoms with E-state index in [1.54, 1.807) is 0 Å². The lowest BCUT2D eigenvalue weighted by Crippen LogP contribution is -2.41. The van der Waals surface area contributed by atoms with Crippen molar-refractivity contribution in [2.75, 3.05) is 11.4 Å². The van der Waals surface area contributed by atoms with Crippen LogP contribution in [-0.4, -0.2) is 12.5 Å². The van der Waals surface area contributed by atoms with Gasteiger partial charge in [0, 0.05) is 18.2 Å². The Morgan fingerprint density at radius 3 is 2.50 bits per heavy atom. The van der Waals surface area contributed by atoms with Crippen molar-refractivity contribution in [2.24, 2.45) is 5.92 Å². The molecule has 1 amide bonds. The van der Waals surface area contributed by atoms with E-state index in [1.807, 2.05) is 17.9 Å². The van der Waals surface area contributed by atoms with Gasteiger partial charge in [-0.2, -0.15) is 0 Å². The van der Waals surface area contributed by atoms with E-state index in [0.29, 0.717) is 0 Å². The molecule has 0 bridgehead atoms. The Kier molecular flexibility index (Phi) is 2.99. The average molecular weight is 217 g/mol. The lowest BCUT2D eigenvalue weighted by Gasteiger charge is -2.32. The smallest absolute Gasteiger partial charge is 0.229 e. The number of anilines is 1. The second-order valence-electron chi connectivity index (χ2n) is 4.77. The number of hydrogen-bond acceptors (Lipinski definition) is 1. The third kappa shape index (κ3) is 1.84. The minimum Gasteiger partial charge on any atom is -0.312 e. The van der Waals surface area contributed by atoms with Gasteiger partial charge in [-0.15, -0.1) is 0 Å². The maximum absolute atomic E-state index is 12.2. The summed E-state index contributed by atoms with van der Waals surface area (Å²) < 4.78 is 0. The second kappa shape index (κ2) is 4.28. The molecule has 1 unspecified atom stereocenters. The molecule has 1 atom stereocenters. The van der Waals surface area contributed by atoms with Gasteiger partial charge in [-0.25, -0.2) is 0 Å². The van der Waals surface area contributed by atoms with Crippen LogP contribution >= 0.6 is 0 Å². The fourth-order valence-electron chi connectivity index (χ4n) is 2.51. The van der Waals surface area contributed by atoms with E-state index in [1.165, 1.54) is 11.1 Å². The molecule has 2 nitrogen and oxygen atoms in total. The van der Waals surface area contributed by atoms with E-state index in [4.69, 9.17) is 0 Å². The van der Waals surface area contributed by atoms with Crippen molar-refractivity contribution < 1.29 is 4.79 Å². The first-order valence-corrected chi connectivity index (χ1v) is 5.99. The van der Waals surface area contributed by atoms with E-state index in [2.05, 4.69) is 26.0 Å². The molecule has 2 rings (SSSR count). The Hall–Kier alpha value is -1.31. The van der Waals surface area contributed by atoms with Gasteiger partial charge in [-0.05, 0) is 37.8 Å². The van der Waals surface area contributed by atoms with Gasteiger partial charge in [-0.1, -0.05) is 25.1 Å². The first-order valence-electron chi connectivity index (χ1n) is 5.99. The minimum absolute atomic E-state index is 0.174. The highest BCUT2D eigenvalue weighted by molar-refractivity contribution is 5.96. The van der Waals surface area contributed by atoms with Crippen molar-refractivity contribution in [3.8, 4) is 0 Å². The van der Waals surface area contributed by atoms with Gasteiger partial charge in [0.2, 0.25) is 5.91 Å². The first kappa shape index (κ1) is 11.2. The zero-order valence-corrected chi connectivity index (χ0v) is 10.3. The van der Waals surface area contributed by atoms with Crippen molar-refractivity contribution >= 4 is 11.6 Å². The highest BCUT2D eigenvalue weighted by Gasteiger charge is 2.27. The number of aryl methyl sites for hydroxylation is 2. The van der Waals surface area contributed by atoms with Crippen LogP contribution in [0.2, 0.25) is 0 Å². The second-order valence-corrected chi connectivity index (χ2v) is 4.77. The fourth-order valence-corrected chi connectivity index (χ4v) is 2.51. The summed E-state index contributed by atoms with van der Waals surface area (Å²) in [5, 5.41) is 0. The Balaban J connectivity index is 2.40. The van der Waals surface area contributed by atoms with E-state index in [0.717, 1.165) is 25.1 Å². The van der Waals surface area contributed by atoms with E-state index < -0.39 is 0 Å². The highest BCUT2D eigenvalue weighted by atomic mass is 16.2. The van der Waals surface area contributed by atoms with Gasteiger partial charge in [0.1, 0.15) is 0 Å². The number of hydrogen-bond donors (Lipinski definition) is 0. The Morgan fingerprint density at radius 2 is 1.88 bits per heavy atom. The predicted octanol–water partition coefficient (Wildman–Crippen LogP) is 3.07. The molecule has 0 spiro atoms. The minimum atomic E-state index is 0.174. The number of nitrogens with zero attached hydrogens (tertiary/aromatic N) is 1. The topological polar surface area (TPSA) is 20.3 Å². The molecule has 0 aliphatic carbocycles. The standard InChI is InChI=1S/C14H19NO/c1-10-6-4-7-11(2)13(10)15-9-5-8-12(3)14(15)16/h4,6-7,12H,5,8-9H2,1-3H3. The SMILES string of the molecule is Cc1cccc(C)c1N1CCCC(C)C1=O. The zero-order chi connectivity index (χ0) is 11.7. The summed E-state index contributed by atoms with van der Waals surface area (Å²) in [5.41, 5.74) is 3.52. The van der Waals surface area contributed by atoms with Crippen LogP contribution < -0.4 is 4.90 Å². The summed E-state index contributed by atoms with van der Waals surface area (Å²) in [7, 11) is 0. The number of para-hydroxylation sites is 1. The summed E-state index contributed by atoms with van der Waals surface area (Å²) in [6, 6.07) is 6.20. The van der Waals surface area contributed by atoms with Crippen LogP contribution in [0.25, 0.3) is 0 Å². The van der Waals surface area contributed by atoms with Crippen LogP contribution in [0, 0.1) is 19.8 Å². The molecule has 1 aromatic rings. The zero-order valence-electron chi connectivity index (χ0n) is 10.3. The summed E-state index contributed by atoms with van der Waals surface area (Å²) in [6.45, 7) is 7.06. The van der Waals surface area contributed by atoms with Crippen molar-refractivity contribution in [3.63, 3.8) is 0 Å². The van der Waals surface area contributed by atoms with Crippen LogP contribution in [0.5, 0.6) is 0 Å². The van der Waals surface area contributed by atoms with Crippen molar-refractivity contribution in [3.05, 3.63) is 29.3 Å². The predicted molar refractivity (Wildman–Crippen MR) is 66.7 cm³/mol. The number of rotatable bonds is 1. The van der Waals surface area contributed by atoms with Crippen LogP contribution in [0.15, 0.2) is 18.2 Å². The summed E-state index contributed by atoms with van der Waals surface area (Å²) in [5.74, 6) is 0.455. The van der Waals surface area contributed by atoms with E-state index in [-0.39, 0.29) is 11.8 Å². The molecule has 1 aromatic carbocycles. The van der Waals surface area contributed by atoms with Crippen molar-refractivity contribution in [2.45, 2.75) is 33.6 Å². The molecule has 1 aliphatic heterocycles. The molecule has 86 valence electrons. The number of carbonyl (C=O) groups is 1. The molecule has 0 radical (unpaired) electrons. The molecule has 1 heterocycles. The van der Waals surface area contributed by atoms with Gasteiger partial charge in [0.15, 0.2) is 0 Å². The van der Waals surface area contributed by atoms with Crippen LogP contribution in [0.4, 0.5) is 5.69 Å².